The van der Waals surface area contributed by atoms with Gasteiger partial charge in [0.2, 0.25) is 5.91 Å². The van der Waals surface area contributed by atoms with Crippen LogP contribution in [-0.4, -0.2) is 41.6 Å². The van der Waals surface area contributed by atoms with Gasteiger partial charge in [-0.05, 0) is 36.6 Å². The summed E-state index contributed by atoms with van der Waals surface area (Å²) in [6.07, 6.45) is 4.34. The minimum Gasteiger partial charge on any atom is -0.497 e. The van der Waals surface area contributed by atoms with Crippen LogP contribution in [0.5, 0.6) is 5.75 Å². The van der Waals surface area contributed by atoms with Gasteiger partial charge in [0.15, 0.2) is 0 Å². The van der Waals surface area contributed by atoms with Crippen LogP contribution in [0.2, 0.25) is 0 Å². The topological polar surface area (TPSA) is 66.8 Å². The number of likely N-dealkylation sites (tertiary alicyclic amines) is 1. The van der Waals surface area contributed by atoms with Gasteiger partial charge in [0.05, 0.1) is 7.11 Å². The molecule has 1 aliphatic heterocycles. The van der Waals surface area contributed by atoms with Crippen LogP contribution in [-0.2, 0) is 9.59 Å². The van der Waals surface area contributed by atoms with Crippen molar-refractivity contribution in [2.45, 2.75) is 18.9 Å². The molecule has 1 saturated heterocycles. The van der Waals surface area contributed by atoms with E-state index in [-0.39, 0.29) is 5.91 Å². The van der Waals surface area contributed by atoms with Gasteiger partial charge in [-0.25, -0.2) is 4.79 Å². The second-order valence-electron chi connectivity index (χ2n) is 4.64. The molecule has 1 N–H and O–H groups in total. The number of carboxylic acids is 1. The van der Waals surface area contributed by atoms with Crippen molar-refractivity contribution in [2.75, 3.05) is 13.7 Å². The molecule has 0 aliphatic carbocycles. The number of rotatable bonds is 4. The number of carbonyl (C=O) groups is 2. The fraction of sp³-hybridized carbons (Fsp3) is 0.333. The number of aliphatic carboxylic acids is 1. The molecule has 0 spiro atoms. The Labute approximate surface area is 117 Å². The molecule has 20 heavy (non-hydrogen) atoms. The third-order valence-corrected chi connectivity index (χ3v) is 3.33. The van der Waals surface area contributed by atoms with E-state index in [1.165, 1.54) is 11.0 Å². The van der Waals surface area contributed by atoms with Crippen molar-refractivity contribution in [3.05, 3.63) is 35.9 Å². The highest BCUT2D eigenvalue weighted by atomic mass is 16.5. The maximum atomic E-state index is 12.0. The average molecular weight is 275 g/mol. The van der Waals surface area contributed by atoms with Gasteiger partial charge < -0.3 is 14.7 Å². The van der Waals surface area contributed by atoms with Crippen molar-refractivity contribution in [1.82, 2.24) is 4.90 Å². The Hall–Kier alpha value is -2.30. The van der Waals surface area contributed by atoms with Crippen molar-refractivity contribution >= 4 is 18.0 Å². The van der Waals surface area contributed by atoms with Gasteiger partial charge in [-0.1, -0.05) is 12.1 Å². The van der Waals surface area contributed by atoms with Crippen LogP contribution in [0.15, 0.2) is 30.3 Å². The van der Waals surface area contributed by atoms with Crippen molar-refractivity contribution in [1.29, 1.82) is 0 Å². The third-order valence-electron chi connectivity index (χ3n) is 3.33. The second kappa shape index (κ2) is 6.23. The average Bonchev–Trinajstić information content (AvgIpc) is 2.94. The van der Waals surface area contributed by atoms with Gasteiger partial charge in [0.25, 0.3) is 0 Å². The first kappa shape index (κ1) is 14.1. The van der Waals surface area contributed by atoms with E-state index in [1.54, 1.807) is 13.2 Å². The van der Waals surface area contributed by atoms with Crippen LogP contribution < -0.4 is 4.74 Å². The molecule has 5 nitrogen and oxygen atoms in total. The molecule has 2 rings (SSSR count). The highest BCUT2D eigenvalue weighted by Crippen LogP contribution is 2.19. The summed E-state index contributed by atoms with van der Waals surface area (Å²) >= 11 is 0. The number of methoxy groups -OCH3 is 1. The standard InChI is InChI=1S/C15H17NO4/c1-20-12-5-2-4-11(10-12)7-8-14(17)16-9-3-6-13(16)15(18)19/h2,4-5,7-8,10,13H,3,6,9H2,1H3,(H,18,19)/t13-/m1/s1. The first-order chi connectivity index (χ1) is 9.61. The Morgan fingerprint density at radius 3 is 2.95 bits per heavy atom. The highest BCUT2D eigenvalue weighted by Gasteiger charge is 2.32. The van der Waals surface area contributed by atoms with E-state index in [2.05, 4.69) is 0 Å². The number of carbonyl (C=O) groups excluding carboxylic acids is 1. The van der Waals surface area contributed by atoms with E-state index in [4.69, 9.17) is 9.84 Å². The maximum absolute atomic E-state index is 12.0. The summed E-state index contributed by atoms with van der Waals surface area (Å²) in [5.41, 5.74) is 0.837. The number of carboxylic acid groups (broad SMARTS) is 1. The molecular weight excluding hydrogens is 258 g/mol. The summed E-state index contributed by atoms with van der Waals surface area (Å²) < 4.78 is 5.10. The number of hydrogen-bond donors (Lipinski definition) is 1. The first-order valence-electron chi connectivity index (χ1n) is 6.47. The third kappa shape index (κ3) is 3.17. The SMILES string of the molecule is COc1cccc(C=CC(=O)N2CCC[C@@H]2C(=O)O)c1. The quantitative estimate of drug-likeness (QED) is 0.851. The molecule has 1 atom stereocenters. The molecular formula is C15H17NO4. The lowest BCUT2D eigenvalue weighted by Crippen LogP contribution is -2.39. The highest BCUT2D eigenvalue weighted by molar-refractivity contribution is 5.94. The van der Waals surface area contributed by atoms with Gasteiger partial charge in [-0.2, -0.15) is 0 Å². The zero-order valence-corrected chi connectivity index (χ0v) is 11.3. The van der Waals surface area contributed by atoms with Crippen molar-refractivity contribution < 1.29 is 19.4 Å². The van der Waals surface area contributed by atoms with Crippen LogP contribution in [0.25, 0.3) is 6.08 Å². The zero-order valence-electron chi connectivity index (χ0n) is 11.3. The van der Waals surface area contributed by atoms with E-state index < -0.39 is 12.0 Å². The molecule has 106 valence electrons. The number of amides is 1. The van der Waals surface area contributed by atoms with Crippen LogP contribution in [0.4, 0.5) is 0 Å². The molecule has 0 aromatic heterocycles. The monoisotopic (exact) mass is 275 g/mol. The smallest absolute Gasteiger partial charge is 0.326 e. The molecule has 0 radical (unpaired) electrons. The van der Waals surface area contributed by atoms with Gasteiger partial charge in [-0.3, -0.25) is 4.79 Å². The summed E-state index contributed by atoms with van der Waals surface area (Å²) in [6, 6.07) is 6.62. The molecule has 1 amide bonds. The summed E-state index contributed by atoms with van der Waals surface area (Å²) in [4.78, 5) is 24.5. The normalized spacial score (nSPS) is 18.4. The molecule has 1 aromatic carbocycles. The Morgan fingerprint density at radius 2 is 2.25 bits per heavy atom. The number of hydrogen-bond acceptors (Lipinski definition) is 3. The molecule has 1 aromatic rings. The molecule has 0 bridgehead atoms. The second-order valence-corrected chi connectivity index (χ2v) is 4.64. The summed E-state index contributed by atoms with van der Waals surface area (Å²) in [7, 11) is 1.58. The van der Waals surface area contributed by atoms with Crippen LogP contribution in [0.1, 0.15) is 18.4 Å². The molecule has 1 fully saturated rings. The van der Waals surface area contributed by atoms with Crippen molar-refractivity contribution in [2.24, 2.45) is 0 Å². The van der Waals surface area contributed by atoms with E-state index >= 15 is 0 Å². The summed E-state index contributed by atoms with van der Waals surface area (Å²) in [6.45, 7) is 0.498. The molecule has 1 aliphatic rings. The Kier molecular flexibility index (Phi) is 4.40. The Balaban J connectivity index is 2.06. The number of nitrogens with zero attached hydrogens (tertiary/aromatic N) is 1. The number of ether oxygens (including phenoxy) is 1. The molecule has 0 unspecified atom stereocenters. The predicted molar refractivity (Wildman–Crippen MR) is 74.4 cm³/mol. The van der Waals surface area contributed by atoms with Crippen molar-refractivity contribution in [3.8, 4) is 5.75 Å². The lowest BCUT2D eigenvalue weighted by molar-refractivity contribution is -0.146. The lowest BCUT2D eigenvalue weighted by atomic mass is 10.2. The molecule has 5 heteroatoms. The Bertz CT molecular complexity index is 538. The lowest BCUT2D eigenvalue weighted by Gasteiger charge is -2.19. The van der Waals surface area contributed by atoms with Gasteiger partial charge in [-0.15, -0.1) is 0 Å². The molecule has 0 saturated carbocycles. The number of benzene rings is 1. The van der Waals surface area contributed by atoms with E-state index in [0.717, 1.165) is 12.0 Å². The van der Waals surface area contributed by atoms with Crippen molar-refractivity contribution in [3.63, 3.8) is 0 Å². The fourth-order valence-electron chi connectivity index (χ4n) is 2.30. The minimum atomic E-state index is -0.939. The summed E-state index contributed by atoms with van der Waals surface area (Å²) in [5.74, 6) is -0.493. The van der Waals surface area contributed by atoms with Crippen LogP contribution >= 0.6 is 0 Å². The summed E-state index contributed by atoms with van der Waals surface area (Å²) in [5, 5.41) is 9.05. The maximum Gasteiger partial charge on any atom is 0.326 e. The van der Waals surface area contributed by atoms with Gasteiger partial charge >= 0.3 is 5.97 Å². The first-order valence-corrected chi connectivity index (χ1v) is 6.47. The fourth-order valence-corrected chi connectivity index (χ4v) is 2.30. The molecule has 1 heterocycles. The minimum absolute atomic E-state index is 0.266. The van der Waals surface area contributed by atoms with Gasteiger partial charge in [0.1, 0.15) is 11.8 Å². The van der Waals surface area contributed by atoms with E-state index in [0.29, 0.717) is 18.7 Å². The van der Waals surface area contributed by atoms with Gasteiger partial charge in [0, 0.05) is 12.6 Å². The van der Waals surface area contributed by atoms with E-state index in [9.17, 15) is 9.59 Å². The van der Waals surface area contributed by atoms with E-state index in [1.807, 2.05) is 24.3 Å². The zero-order chi connectivity index (χ0) is 14.5. The predicted octanol–water partition coefficient (Wildman–Crippen LogP) is 1.78. The van der Waals surface area contributed by atoms with Crippen LogP contribution in [0, 0.1) is 0 Å². The van der Waals surface area contributed by atoms with Crippen LogP contribution in [0.3, 0.4) is 0 Å². The largest absolute Gasteiger partial charge is 0.497 e. The Morgan fingerprint density at radius 1 is 1.45 bits per heavy atom.